The van der Waals surface area contributed by atoms with E-state index >= 15 is 0 Å². The molecule has 0 spiro atoms. The minimum atomic E-state index is -0.0694. The number of carbonyl (C=O) groups excluding carboxylic acids is 2. The van der Waals surface area contributed by atoms with Gasteiger partial charge in [0.05, 0.1) is 0 Å². The number of carbonyl (C=O) groups is 2. The summed E-state index contributed by atoms with van der Waals surface area (Å²) in [5.74, 6) is 0.0666. The molecule has 1 aromatic carbocycles. The molecular formula is C17H23N3O2. The van der Waals surface area contributed by atoms with E-state index in [-0.39, 0.29) is 11.9 Å². The Kier molecular flexibility index (Phi) is 4.61. The number of urea groups is 1. The van der Waals surface area contributed by atoms with E-state index in [1.54, 1.807) is 6.07 Å². The van der Waals surface area contributed by atoms with Crippen molar-refractivity contribution in [3.8, 4) is 0 Å². The zero-order chi connectivity index (χ0) is 15.4. The van der Waals surface area contributed by atoms with E-state index in [0.717, 1.165) is 51.9 Å². The van der Waals surface area contributed by atoms with Crippen LogP contribution in [0.15, 0.2) is 24.3 Å². The van der Waals surface area contributed by atoms with Gasteiger partial charge < -0.3 is 15.1 Å². The third-order valence-electron chi connectivity index (χ3n) is 4.40. The maximum Gasteiger partial charge on any atom is 0.321 e. The Bertz CT molecular complexity index is 547. The summed E-state index contributed by atoms with van der Waals surface area (Å²) in [5.41, 5.74) is 1.35. The van der Waals surface area contributed by atoms with Gasteiger partial charge in [0.15, 0.2) is 0 Å². The van der Waals surface area contributed by atoms with Crippen molar-refractivity contribution in [2.45, 2.75) is 32.1 Å². The summed E-state index contributed by atoms with van der Waals surface area (Å²) in [6, 6.07) is 7.20. The van der Waals surface area contributed by atoms with Crippen LogP contribution in [0.25, 0.3) is 0 Å². The lowest BCUT2D eigenvalue weighted by Gasteiger charge is -2.27. The summed E-state index contributed by atoms with van der Waals surface area (Å²) in [5, 5.41) is 2.90. The van der Waals surface area contributed by atoms with Gasteiger partial charge in [-0.05, 0) is 50.3 Å². The Hall–Kier alpha value is -2.04. The van der Waals surface area contributed by atoms with Gasteiger partial charge in [0, 0.05) is 37.4 Å². The molecule has 2 heterocycles. The summed E-state index contributed by atoms with van der Waals surface area (Å²) >= 11 is 0. The maximum atomic E-state index is 12.5. The van der Waals surface area contributed by atoms with Gasteiger partial charge in [-0.2, -0.15) is 0 Å². The predicted molar refractivity (Wildman–Crippen MR) is 86.0 cm³/mol. The zero-order valence-corrected chi connectivity index (χ0v) is 12.9. The molecule has 3 amide bonds. The Morgan fingerprint density at radius 3 is 2.23 bits per heavy atom. The van der Waals surface area contributed by atoms with Crippen LogP contribution in [0.2, 0.25) is 0 Å². The Morgan fingerprint density at radius 2 is 1.50 bits per heavy atom. The second-order valence-corrected chi connectivity index (χ2v) is 6.06. The number of nitrogens with zero attached hydrogens (tertiary/aromatic N) is 2. The maximum absolute atomic E-state index is 12.5. The van der Waals surface area contributed by atoms with Gasteiger partial charge >= 0.3 is 6.03 Å². The molecule has 0 aromatic heterocycles. The highest BCUT2D eigenvalue weighted by Gasteiger charge is 2.20. The fourth-order valence-corrected chi connectivity index (χ4v) is 3.13. The zero-order valence-electron chi connectivity index (χ0n) is 12.9. The predicted octanol–water partition coefficient (Wildman–Crippen LogP) is 2.94. The van der Waals surface area contributed by atoms with Crippen LogP contribution in [-0.4, -0.2) is 47.9 Å². The molecule has 5 heteroatoms. The highest BCUT2D eigenvalue weighted by molar-refractivity contribution is 5.97. The normalized spacial score (nSPS) is 18.4. The first-order valence-corrected chi connectivity index (χ1v) is 8.19. The highest BCUT2D eigenvalue weighted by Crippen LogP contribution is 2.17. The van der Waals surface area contributed by atoms with E-state index in [4.69, 9.17) is 0 Å². The molecule has 22 heavy (non-hydrogen) atoms. The van der Waals surface area contributed by atoms with Crippen LogP contribution in [0.5, 0.6) is 0 Å². The molecule has 0 unspecified atom stereocenters. The lowest BCUT2D eigenvalue weighted by atomic mass is 10.1. The quantitative estimate of drug-likeness (QED) is 0.913. The number of amides is 3. The van der Waals surface area contributed by atoms with Crippen molar-refractivity contribution in [2.75, 3.05) is 31.5 Å². The van der Waals surface area contributed by atoms with Crippen molar-refractivity contribution in [1.82, 2.24) is 9.80 Å². The van der Waals surface area contributed by atoms with Crippen LogP contribution in [0.3, 0.4) is 0 Å². The number of piperidine rings is 1. The van der Waals surface area contributed by atoms with Crippen molar-refractivity contribution in [2.24, 2.45) is 0 Å². The minimum absolute atomic E-state index is 0.0666. The second kappa shape index (κ2) is 6.81. The lowest BCUT2D eigenvalue weighted by molar-refractivity contribution is 0.0724. The molecule has 0 bridgehead atoms. The SMILES string of the molecule is O=C(Nc1cccc(C(=O)N2CCCCC2)c1)N1CCCC1. The molecule has 0 saturated carbocycles. The summed E-state index contributed by atoms with van der Waals surface area (Å²) in [6.45, 7) is 3.31. The van der Waals surface area contributed by atoms with Crippen molar-refractivity contribution >= 4 is 17.6 Å². The van der Waals surface area contributed by atoms with Crippen LogP contribution < -0.4 is 5.32 Å². The van der Waals surface area contributed by atoms with Gasteiger partial charge in [0.2, 0.25) is 0 Å². The number of benzene rings is 1. The van der Waals surface area contributed by atoms with Crippen molar-refractivity contribution in [3.63, 3.8) is 0 Å². The number of likely N-dealkylation sites (tertiary alicyclic amines) is 2. The van der Waals surface area contributed by atoms with Crippen LogP contribution >= 0.6 is 0 Å². The molecule has 2 aliphatic heterocycles. The molecular weight excluding hydrogens is 278 g/mol. The Balaban J connectivity index is 1.66. The Morgan fingerprint density at radius 1 is 0.864 bits per heavy atom. The number of anilines is 1. The lowest BCUT2D eigenvalue weighted by Crippen LogP contribution is -2.35. The molecule has 1 N–H and O–H groups in total. The van der Waals surface area contributed by atoms with Gasteiger partial charge in [-0.3, -0.25) is 4.79 Å². The first kappa shape index (κ1) is 14.9. The third kappa shape index (κ3) is 3.40. The molecule has 5 nitrogen and oxygen atoms in total. The molecule has 2 aliphatic rings. The van der Waals surface area contributed by atoms with Gasteiger partial charge in [0.1, 0.15) is 0 Å². The van der Waals surface area contributed by atoms with E-state index in [1.807, 2.05) is 28.0 Å². The molecule has 118 valence electrons. The number of hydrogen-bond donors (Lipinski definition) is 1. The molecule has 0 aliphatic carbocycles. The number of nitrogens with one attached hydrogen (secondary N) is 1. The van der Waals surface area contributed by atoms with E-state index < -0.39 is 0 Å². The fraction of sp³-hybridized carbons (Fsp3) is 0.529. The van der Waals surface area contributed by atoms with Crippen LogP contribution in [0.1, 0.15) is 42.5 Å². The molecule has 3 rings (SSSR count). The first-order valence-electron chi connectivity index (χ1n) is 8.19. The minimum Gasteiger partial charge on any atom is -0.339 e. The number of rotatable bonds is 2. The van der Waals surface area contributed by atoms with Gasteiger partial charge in [-0.25, -0.2) is 4.79 Å². The van der Waals surface area contributed by atoms with Crippen LogP contribution in [0, 0.1) is 0 Å². The monoisotopic (exact) mass is 301 g/mol. The summed E-state index contributed by atoms with van der Waals surface area (Å²) in [7, 11) is 0. The van der Waals surface area contributed by atoms with Gasteiger partial charge in [-0.15, -0.1) is 0 Å². The first-order chi connectivity index (χ1) is 10.7. The topological polar surface area (TPSA) is 52.7 Å². The summed E-state index contributed by atoms with van der Waals surface area (Å²) in [6.07, 6.45) is 5.51. The van der Waals surface area contributed by atoms with E-state index in [1.165, 1.54) is 6.42 Å². The molecule has 1 aromatic rings. The molecule has 0 atom stereocenters. The van der Waals surface area contributed by atoms with Gasteiger partial charge in [-0.1, -0.05) is 6.07 Å². The smallest absolute Gasteiger partial charge is 0.321 e. The number of hydrogen-bond acceptors (Lipinski definition) is 2. The standard InChI is InChI=1S/C17H23N3O2/c21-16(19-9-2-1-3-10-19)14-7-6-8-15(13-14)18-17(22)20-11-4-5-12-20/h6-8,13H,1-5,9-12H2,(H,18,22). The second-order valence-electron chi connectivity index (χ2n) is 6.06. The third-order valence-corrected chi connectivity index (χ3v) is 4.40. The average molecular weight is 301 g/mol. The molecule has 2 fully saturated rings. The van der Waals surface area contributed by atoms with E-state index in [9.17, 15) is 9.59 Å². The Labute approximate surface area is 131 Å². The molecule has 0 radical (unpaired) electrons. The van der Waals surface area contributed by atoms with E-state index in [2.05, 4.69) is 5.32 Å². The van der Waals surface area contributed by atoms with Crippen molar-refractivity contribution in [1.29, 1.82) is 0 Å². The van der Waals surface area contributed by atoms with Gasteiger partial charge in [0.25, 0.3) is 5.91 Å². The van der Waals surface area contributed by atoms with Crippen LogP contribution in [0.4, 0.5) is 10.5 Å². The highest BCUT2D eigenvalue weighted by atomic mass is 16.2. The van der Waals surface area contributed by atoms with Crippen molar-refractivity contribution < 1.29 is 9.59 Å². The fourth-order valence-electron chi connectivity index (χ4n) is 3.13. The summed E-state index contributed by atoms with van der Waals surface area (Å²) < 4.78 is 0. The largest absolute Gasteiger partial charge is 0.339 e. The molecule has 2 saturated heterocycles. The average Bonchev–Trinajstić information content (AvgIpc) is 3.10. The summed E-state index contributed by atoms with van der Waals surface area (Å²) in [4.78, 5) is 28.3. The van der Waals surface area contributed by atoms with E-state index in [0.29, 0.717) is 11.3 Å². The van der Waals surface area contributed by atoms with Crippen LogP contribution in [-0.2, 0) is 0 Å². The van der Waals surface area contributed by atoms with Crippen molar-refractivity contribution in [3.05, 3.63) is 29.8 Å².